The molecule has 90 valence electrons. The van der Waals surface area contributed by atoms with Gasteiger partial charge in [0.1, 0.15) is 6.26 Å². The molecule has 2 heterocycles. The van der Waals surface area contributed by atoms with Crippen LogP contribution in [0.25, 0.3) is 0 Å². The monoisotopic (exact) mass is 243 g/mol. The van der Waals surface area contributed by atoms with Crippen LogP contribution in [0.1, 0.15) is 18.5 Å². The third kappa shape index (κ3) is 2.50. The van der Waals surface area contributed by atoms with Gasteiger partial charge in [-0.25, -0.2) is 0 Å². The highest BCUT2D eigenvalue weighted by molar-refractivity contribution is 6.16. The van der Waals surface area contributed by atoms with E-state index in [0.717, 1.165) is 12.2 Å². The number of piperidine rings is 1. The first-order valence-corrected chi connectivity index (χ1v) is 6.16. The van der Waals surface area contributed by atoms with Gasteiger partial charge in [-0.2, -0.15) is 4.98 Å². The molecule has 0 bridgehead atoms. The second-order valence-electron chi connectivity index (χ2n) is 4.42. The molecule has 1 saturated heterocycles. The highest BCUT2D eigenvalue weighted by atomic mass is 35.5. The number of anilines is 1. The summed E-state index contributed by atoms with van der Waals surface area (Å²) >= 11 is 5.70. The molecule has 1 aliphatic heterocycles. The van der Waals surface area contributed by atoms with Crippen molar-refractivity contribution in [3.63, 3.8) is 0 Å². The number of oxazole rings is 1. The lowest BCUT2D eigenvalue weighted by Gasteiger charge is -2.34. The average Bonchev–Trinajstić information content (AvgIpc) is 2.76. The summed E-state index contributed by atoms with van der Waals surface area (Å²) < 4.78 is 5.42. The van der Waals surface area contributed by atoms with Crippen molar-refractivity contribution in [2.75, 3.05) is 32.1 Å². The Hall–Kier alpha value is -0.740. The number of rotatable bonds is 3. The van der Waals surface area contributed by atoms with E-state index in [1.165, 1.54) is 19.4 Å². The fraction of sp³-hybridized carbons (Fsp3) is 0.727. The molecule has 0 saturated carbocycles. The van der Waals surface area contributed by atoms with Crippen LogP contribution in [-0.2, 0) is 5.88 Å². The van der Waals surface area contributed by atoms with E-state index in [1.807, 2.05) is 7.05 Å². The largest absolute Gasteiger partial charge is 0.432 e. The van der Waals surface area contributed by atoms with Crippen molar-refractivity contribution in [3.05, 3.63) is 12.0 Å². The zero-order valence-electron chi connectivity index (χ0n) is 9.82. The Bertz CT molecular complexity index is 342. The number of alkyl halides is 1. The minimum atomic E-state index is 0.405. The second-order valence-corrected chi connectivity index (χ2v) is 4.69. The van der Waals surface area contributed by atoms with E-state index in [2.05, 4.69) is 21.8 Å². The highest BCUT2D eigenvalue weighted by Crippen LogP contribution is 2.20. The topological polar surface area (TPSA) is 32.5 Å². The highest BCUT2D eigenvalue weighted by Gasteiger charge is 2.23. The molecule has 0 aromatic carbocycles. The van der Waals surface area contributed by atoms with Gasteiger partial charge in [0, 0.05) is 19.6 Å². The molecule has 16 heavy (non-hydrogen) atoms. The van der Waals surface area contributed by atoms with Gasteiger partial charge in [-0.15, -0.1) is 11.6 Å². The van der Waals surface area contributed by atoms with Crippen LogP contribution in [0.3, 0.4) is 0 Å². The summed E-state index contributed by atoms with van der Waals surface area (Å²) in [5.41, 5.74) is 0.799. The van der Waals surface area contributed by atoms with Gasteiger partial charge in [0.2, 0.25) is 0 Å². The standard InChI is InChI=1S/C11H18ClN3O/c1-14-5-3-4-10(7-14)15(2)11-13-9(6-12)8-16-11/h8,10H,3-7H2,1-2H3. The second kappa shape index (κ2) is 5.06. The van der Waals surface area contributed by atoms with Crippen LogP contribution in [0.2, 0.25) is 0 Å². The summed E-state index contributed by atoms with van der Waals surface area (Å²) in [5, 5.41) is 0. The van der Waals surface area contributed by atoms with E-state index < -0.39 is 0 Å². The lowest BCUT2D eigenvalue weighted by atomic mass is 10.1. The first kappa shape index (κ1) is 11.7. The predicted octanol–water partition coefficient (Wildman–Crippen LogP) is 1.94. The predicted molar refractivity (Wildman–Crippen MR) is 65.0 cm³/mol. The molecule has 1 aromatic heterocycles. The van der Waals surface area contributed by atoms with Gasteiger partial charge in [-0.05, 0) is 26.4 Å². The molecule has 1 fully saturated rings. The van der Waals surface area contributed by atoms with Crippen LogP contribution in [0.5, 0.6) is 0 Å². The van der Waals surface area contributed by atoms with Crippen LogP contribution in [-0.4, -0.2) is 43.1 Å². The number of likely N-dealkylation sites (N-methyl/N-ethyl adjacent to an activating group) is 2. The lowest BCUT2D eigenvalue weighted by Crippen LogP contribution is -2.45. The van der Waals surface area contributed by atoms with E-state index in [1.54, 1.807) is 6.26 Å². The maximum absolute atomic E-state index is 5.70. The Labute approximate surface area is 101 Å². The SMILES string of the molecule is CN1CCCC(N(C)c2nc(CCl)co2)C1. The number of halogens is 1. The molecule has 1 unspecified atom stereocenters. The normalized spacial score (nSPS) is 22.3. The van der Waals surface area contributed by atoms with Gasteiger partial charge < -0.3 is 14.2 Å². The minimum absolute atomic E-state index is 0.405. The van der Waals surface area contributed by atoms with Crippen LogP contribution in [0, 0.1) is 0 Å². The molecular weight excluding hydrogens is 226 g/mol. The molecule has 2 rings (SSSR count). The molecule has 0 radical (unpaired) electrons. The van der Waals surface area contributed by atoms with Crippen molar-refractivity contribution in [1.82, 2.24) is 9.88 Å². The molecule has 5 heteroatoms. The third-order valence-electron chi connectivity index (χ3n) is 3.13. The Morgan fingerprint density at radius 2 is 2.50 bits per heavy atom. The molecule has 0 aliphatic carbocycles. The van der Waals surface area contributed by atoms with E-state index in [-0.39, 0.29) is 0 Å². The number of hydrogen-bond donors (Lipinski definition) is 0. The maximum atomic E-state index is 5.70. The zero-order chi connectivity index (χ0) is 11.5. The van der Waals surface area contributed by atoms with Crippen molar-refractivity contribution in [2.24, 2.45) is 0 Å². The van der Waals surface area contributed by atoms with Crippen molar-refractivity contribution in [1.29, 1.82) is 0 Å². The molecule has 1 aromatic rings. The summed E-state index contributed by atoms with van der Waals surface area (Å²) in [6.07, 6.45) is 4.05. The molecule has 0 N–H and O–H groups in total. The summed E-state index contributed by atoms with van der Waals surface area (Å²) in [6.45, 7) is 2.25. The minimum Gasteiger partial charge on any atom is -0.432 e. The Kier molecular flexibility index (Phi) is 3.71. The van der Waals surface area contributed by atoms with Gasteiger partial charge in [0.05, 0.1) is 11.6 Å². The van der Waals surface area contributed by atoms with Crippen LogP contribution in [0.15, 0.2) is 10.7 Å². The molecule has 0 amide bonds. The first-order valence-electron chi connectivity index (χ1n) is 5.62. The molecule has 4 nitrogen and oxygen atoms in total. The smallest absolute Gasteiger partial charge is 0.297 e. The Morgan fingerprint density at radius 1 is 1.69 bits per heavy atom. The Morgan fingerprint density at radius 3 is 3.12 bits per heavy atom. The van der Waals surface area contributed by atoms with E-state index in [9.17, 15) is 0 Å². The van der Waals surface area contributed by atoms with Crippen LogP contribution >= 0.6 is 11.6 Å². The van der Waals surface area contributed by atoms with E-state index in [4.69, 9.17) is 16.0 Å². The average molecular weight is 244 g/mol. The fourth-order valence-corrected chi connectivity index (χ4v) is 2.25. The number of aromatic nitrogens is 1. The number of nitrogens with zero attached hydrogens (tertiary/aromatic N) is 3. The van der Waals surface area contributed by atoms with E-state index >= 15 is 0 Å². The van der Waals surface area contributed by atoms with Gasteiger partial charge in [0.25, 0.3) is 6.01 Å². The van der Waals surface area contributed by atoms with Crippen molar-refractivity contribution >= 4 is 17.6 Å². The quantitative estimate of drug-likeness (QED) is 0.760. The lowest BCUT2D eigenvalue weighted by molar-refractivity contribution is 0.244. The Balaban J connectivity index is 2.02. The van der Waals surface area contributed by atoms with Crippen molar-refractivity contribution in [2.45, 2.75) is 24.8 Å². The number of likely N-dealkylation sites (tertiary alicyclic amines) is 1. The van der Waals surface area contributed by atoms with Gasteiger partial charge >= 0.3 is 0 Å². The van der Waals surface area contributed by atoms with Crippen LogP contribution in [0.4, 0.5) is 6.01 Å². The van der Waals surface area contributed by atoms with Crippen molar-refractivity contribution < 1.29 is 4.42 Å². The first-order chi connectivity index (χ1) is 7.70. The van der Waals surface area contributed by atoms with Gasteiger partial charge in [0.15, 0.2) is 0 Å². The third-order valence-corrected chi connectivity index (χ3v) is 3.40. The summed E-state index contributed by atoms with van der Waals surface area (Å²) in [4.78, 5) is 8.80. The summed E-state index contributed by atoms with van der Waals surface area (Å²) in [6, 6.07) is 1.16. The van der Waals surface area contributed by atoms with Crippen LogP contribution < -0.4 is 4.90 Å². The van der Waals surface area contributed by atoms with Crippen molar-refractivity contribution in [3.8, 4) is 0 Å². The maximum Gasteiger partial charge on any atom is 0.297 e. The summed E-state index contributed by atoms with van der Waals surface area (Å²) in [5.74, 6) is 0.405. The zero-order valence-corrected chi connectivity index (χ0v) is 10.6. The molecule has 0 spiro atoms. The number of hydrogen-bond acceptors (Lipinski definition) is 4. The molecular formula is C11H18ClN3O. The fourth-order valence-electron chi connectivity index (χ4n) is 2.13. The van der Waals surface area contributed by atoms with Gasteiger partial charge in [-0.3, -0.25) is 0 Å². The molecule has 1 atom stereocenters. The van der Waals surface area contributed by atoms with E-state index in [0.29, 0.717) is 17.9 Å². The van der Waals surface area contributed by atoms with Gasteiger partial charge in [-0.1, -0.05) is 0 Å². The molecule has 1 aliphatic rings. The summed E-state index contributed by atoms with van der Waals surface area (Å²) in [7, 11) is 4.19.